The van der Waals surface area contributed by atoms with Crippen LogP contribution < -0.4 is 0 Å². The normalized spacial score (nSPS) is 16.1. The number of fused-ring (bicyclic) bond motifs is 3. The summed E-state index contributed by atoms with van der Waals surface area (Å²) >= 11 is 0. The van der Waals surface area contributed by atoms with Gasteiger partial charge in [0.05, 0.1) is 17.0 Å². The molecule has 1 atom stereocenters. The van der Waals surface area contributed by atoms with Crippen LogP contribution in [0.25, 0.3) is 16.8 Å². The summed E-state index contributed by atoms with van der Waals surface area (Å²) in [6, 6.07) is 9.40. The molecule has 0 saturated heterocycles. The summed E-state index contributed by atoms with van der Waals surface area (Å²) in [5, 5.41) is 4.58. The molecule has 0 radical (unpaired) electrons. The molecule has 0 aliphatic heterocycles. The number of halogens is 3. The van der Waals surface area contributed by atoms with Crippen molar-refractivity contribution in [1.29, 1.82) is 0 Å². The van der Waals surface area contributed by atoms with Gasteiger partial charge in [-0.2, -0.15) is 5.10 Å². The largest absolute Gasteiger partial charge is 0.294 e. The number of nitrogens with zero attached hydrogens (tertiary/aromatic N) is 3. The molecule has 2 aromatic carbocycles. The first-order valence-electron chi connectivity index (χ1n) is 9.53. The van der Waals surface area contributed by atoms with E-state index in [1.807, 2.05) is 6.92 Å². The summed E-state index contributed by atoms with van der Waals surface area (Å²) in [5.41, 5.74) is 4.32. The fourth-order valence-electron chi connectivity index (χ4n) is 4.21. The van der Waals surface area contributed by atoms with E-state index in [9.17, 15) is 18.0 Å². The van der Waals surface area contributed by atoms with Crippen LogP contribution in [0.1, 0.15) is 39.6 Å². The number of hydrogen-bond acceptors (Lipinski definition) is 3. The predicted octanol–water partition coefficient (Wildman–Crippen LogP) is 5.03. The second-order valence-electron chi connectivity index (χ2n) is 7.55. The molecule has 7 heteroatoms. The maximum absolute atomic E-state index is 13.7. The van der Waals surface area contributed by atoms with E-state index in [4.69, 9.17) is 0 Å². The van der Waals surface area contributed by atoms with Gasteiger partial charge in [0.1, 0.15) is 17.5 Å². The van der Waals surface area contributed by atoms with Crippen LogP contribution in [0.3, 0.4) is 0 Å². The van der Waals surface area contributed by atoms with Crippen molar-refractivity contribution in [2.45, 2.75) is 25.7 Å². The van der Waals surface area contributed by atoms with Crippen molar-refractivity contribution >= 4 is 11.4 Å². The Kier molecular flexibility index (Phi) is 4.20. The quantitative estimate of drug-likeness (QED) is 0.468. The molecular formula is C23H16F3N3O. The van der Waals surface area contributed by atoms with Crippen molar-refractivity contribution in [2.24, 2.45) is 0 Å². The van der Waals surface area contributed by atoms with Gasteiger partial charge >= 0.3 is 0 Å². The van der Waals surface area contributed by atoms with Gasteiger partial charge in [0.15, 0.2) is 11.4 Å². The highest BCUT2D eigenvalue weighted by molar-refractivity contribution is 5.99. The predicted molar refractivity (Wildman–Crippen MR) is 105 cm³/mol. The van der Waals surface area contributed by atoms with Gasteiger partial charge in [0, 0.05) is 24.2 Å². The Balaban J connectivity index is 1.65. The molecule has 4 aromatic rings. The SMILES string of the molecule is Cc1nn2c3c(cnc2c1-c1ccc(F)cc1)C(=O)CC(c1cc(F)cc(F)c1)C3. The fourth-order valence-corrected chi connectivity index (χ4v) is 4.21. The zero-order chi connectivity index (χ0) is 21.0. The van der Waals surface area contributed by atoms with Crippen molar-refractivity contribution < 1.29 is 18.0 Å². The topological polar surface area (TPSA) is 47.3 Å². The van der Waals surface area contributed by atoms with Crippen LogP contribution in [0.15, 0.2) is 48.7 Å². The third-order valence-corrected chi connectivity index (χ3v) is 5.58. The maximum Gasteiger partial charge on any atom is 0.166 e. The molecule has 0 saturated carbocycles. The number of benzene rings is 2. The Morgan fingerprint density at radius 2 is 1.67 bits per heavy atom. The van der Waals surface area contributed by atoms with Gasteiger partial charge in [-0.1, -0.05) is 12.1 Å². The fraction of sp³-hybridized carbons (Fsp3) is 0.174. The molecule has 5 rings (SSSR count). The average molecular weight is 407 g/mol. The third-order valence-electron chi connectivity index (χ3n) is 5.58. The minimum Gasteiger partial charge on any atom is -0.294 e. The zero-order valence-electron chi connectivity index (χ0n) is 16.0. The van der Waals surface area contributed by atoms with E-state index in [0.717, 1.165) is 17.2 Å². The number of Topliss-reactive ketones (excluding diaryl/α,β-unsaturated/α-hetero) is 1. The molecule has 2 aromatic heterocycles. The second kappa shape index (κ2) is 6.79. The van der Waals surface area contributed by atoms with Gasteiger partial charge in [-0.05, 0) is 54.7 Å². The van der Waals surface area contributed by atoms with Crippen molar-refractivity contribution in [2.75, 3.05) is 0 Å². The molecule has 1 aliphatic carbocycles. The standard InChI is InChI=1S/C23H16F3N3O/c1-12-22(13-2-4-16(24)5-3-13)23-27-11-19-20(29(23)28-12)8-15(9-21(19)30)14-6-17(25)10-18(26)7-14/h2-7,10-11,15H,8-9H2,1H3. The lowest BCUT2D eigenvalue weighted by molar-refractivity contribution is 0.0962. The van der Waals surface area contributed by atoms with E-state index in [1.54, 1.807) is 16.6 Å². The minimum absolute atomic E-state index is 0.142. The van der Waals surface area contributed by atoms with Crippen molar-refractivity contribution in [3.8, 4) is 11.1 Å². The molecule has 1 unspecified atom stereocenters. The molecular weight excluding hydrogens is 391 g/mol. The summed E-state index contributed by atoms with van der Waals surface area (Å²) in [6.45, 7) is 1.82. The van der Waals surface area contributed by atoms with Crippen molar-refractivity contribution in [3.05, 3.63) is 88.6 Å². The Morgan fingerprint density at radius 1 is 0.967 bits per heavy atom. The average Bonchev–Trinajstić information content (AvgIpc) is 3.04. The van der Waals surface area contributed by atoms with E-state index in [-0.39, 0.29) is 23.9 Å². The lowest BCUT2D eigenvalue weighted by Gasteiger charge is -2.24. The molecule has 0 N–H and O–H groups in total. The number of ketones is 1. The highest BCUT2D eigenvalue weighted by atomic mass is 19.1. The van der Waals surface area contributed by atoms with E-state index in [2.05, 4.69) is 10.1 Å². The molecule has 0 bridgehead atoms. The monoisotopic (exact) mass is 407 g/mol. The number of aromatic nitrogens is 3. The summed E-state index contributed by atoms with van der Waals surface area (Å²) in [4.78, 5) is 17.2. The zero-order valence-corrected chi connectivity index (χ0v) is 16.0. The number of carbonyl (C=O) groups excluding carboxylic acids is 1. The van der Waals surface area contributed by atoms with Crippen molar-refractivity contribution in [1.82, 2.24) is 14.6 Å². The number of carbonyl (C=O) groups is 1. The highest BCUT2D eigenvalue weighted by Gasteiger charge is 2.30. The molecule has 1 aliphatic rings. The number of aryl methyl sites for hydroxylation is 1. The van der Waals surface area contributed by atoms with E-state index in [0.29, 0.717) is 34.6 Å². The Labute approximate surface area is 170 Å². The van der Waals surface area contributed by atoms with Gasteiger partial charge in [0.25, 0.3) is 0 Å². The first kappa shape index (κ1) is 18.5. The number of hydrogen-bond donors (Lipinski definition) is 0. The Bertz CT molecular complexity index is 1290. The number of rotatable bonds is 2. The van der Waals surface area contributed by atoms with E-state index in [1.165, 1.54) is 30.5 Å². The third kappa shape index (κ3) is 2.98. The Hall–Kier alpha value is -3.48. The van der Waals surface area contributed by atoms with Crippen LogP contribution in [0, 0.1) is 24.4 Å². The van der Waals surface area contributed by atoms with Crippen LogP contribution in [0.2, 0.25) is 0 Å². The summed E-state index contributed by atoms with van der Waals surface area (Å²) in [5.74, 6) is -2.18. The molecule has 0 fully saturated rings. The molecule has 4 nitrogen and oxygen atoms in total. The van der Waals surface area contributed by atoms with Crippen LogP contribution in [0.5, 0.6) is 0 Å². The lowest BCUT2D eigenvalue weighted by Crippen LogP contribution is -2.22. The summed E-state index contributed by atoms with van der Waals surface area (Å²) < 4.78 is 42.4. The maximum atomic E-state index is 13.7. The van der Waals surface area contributed by atoms with Gasteiger partial charge in [0.2, 0.25) is 0 Å². The smallest absolute Gasteiger partial charge is 0.166 e. The first-order valence-corrected chi connectivity index (χ1v) is 9.53. The van der Waals surface area contributed by atoms with E-state index < -0.39 is 11.6 Å². The minimum atomic E-state index is -0.670. The van der Waals surface area contributed by atoms with Crippen LogP contribution in [0.4, 0.5) is 13.2 Å². The second-order valence-corrected chi connectivity index (χ2v) is 7.55. The van der Waals surface area contributed by atoms with Gasteiger partial charge < -0.3 is 0 Å². The Morgan fingerprint density at radius 3 is 2.37 bits per heavy atom. The van der Waals surface area contributed by atoms with Gasteiger partial charge in [-0.25, -0.2) is 22.7 Å². The first-order chi connectivity index (χ1) is 14.4. The molecule has 0 spiro atoms. The summed E-state index contributed by atoms with van der Waals surface area (Å²) in [6.07, 6.45) is 2.07. The van der Waals surface area contributed by atoms with Crippen molar-refractivity contribution in [3.63, 3.8) is 0 Å². The van der Waals surface area contributed by atoms with Gasteiger partial charge in [-0.3, -0.25) is 4.79 Å². The highest BCUT2D eigenvalue weighted by Crippen LogP contribution is 2.35. The molecule has 150 valence electrons. The molecule has 0 amide bonds. The van der Waals surface area contributed by atoms with Crippen LogP contribution in [-0.2, 0) is 6.42 Å². The summed E-state index contributed by atoms with van der Waals surface area (Å²) in [7, 11) is 0. The molecule has 30 heavy (non-hydrogen) atoms. The lowest BCUT2D eigenvalue weighted by atomic mass is 9.82. The van der Waals surface area contributed by atoms with Gasteiger partial charge in [-0.15, -0.1) is 0 Å². The van der Waals surface area contributed by atoms with Crippen LogP contribution >= 0.6 is 0 Å². The molecule has 2 heterocycles. The van der Waals surface area contributed by atoms with Crippen LogP contribution in [-0.4, -0.2) is 20.4 Å². The van der Waals surface area contributed by atoms with E-state index >= 15 is 0 Å².